The van der Waals surface area contributed by atoms with Crippen LogP contribution in [0, 0.1) is 6.92 Å². The standard InChI is InChI=1S/C29H30N6O/c1-20-9-10-24(17-32-20)26-14-21(18-35-13-5-8-25(30)19-35)15-28(33-26)34-29(36)27-16-23(11-12-31-27)22-6-3-2-4-7-22/h2-4,6-7,9-12,14-17,25H,5,8,13,18-19,30H2,1H3,(H,33,34,36). The number of piperidine rings is 1. The molecule has 0 spiro atoms. The summed E-state index contributed by atoms with van der Waals surface area (Å²) in [6, 6.07) is 21.8. The Bertz CT molecular complexity index is 1340. The third kappa shape index (κ3) is 5.82. The van der Waals surface area contributed by atoms with Crippen molar-refractivity contribution in [3.8, 4) is 22.4 Å². The zero-order valence-electron chi connectivity index (χ0n) is 20.4. The van der Waals surface area contributed by atoms with Crippen LogP contribution in [0.15, 0.2) is 79.1 Å². The lowest BCUT2D eigenvalue weighted by Crippen LogP contribution is -2.42. The number of pyridine rings is 3. The number of likely N-dealkylation sites (tertiary alicyclic amines) is 1. The van der Waals surface area contributed by atoms with Crippen molar-refractivity contribution in [3.63, 3.8) is 0 Å². The number of anilines is 1. The second-order valence-electron chi connectivity index (χ2n) is 9.32. The molecule has 1 aromatic carbocycles. The number of nitrogens with two attached hydrogens (primary N) is 1. The van der Waals surface area contributed by atoms with Crippen molar-refractivity contribution in [1.82, 2.24) is 19.9 Å². The Morgan fingerprint density at radius 3 is 2.67 bits per heavy atom. The number of nitrogens with one attached hydrogen (secondary N) is 1. The van der Waals surface area contributed by atoms with Crippen LogP contribution >= 0.6 is 0 Å². The summed E-state index contributed by atoms with van der Waals surface area (Å²) in [5, 5.41) is 2.97. The summed E-state index contributed by atoms with van der Waals surface area (Å²) in [6.45, 7) is 4.57. The van der Waals surface area contributed by atoms with Gasteiger partial charge in [-0.1, -0.05) is 30.3 Å². The number of aryl methyl sites for hydroxylation is 1. The number of benzene rings is 1. The first kappa shape index (κ1) is 23.8. The van der Waals surface area contributed by atoms with Gasteiger partial charge in [0.1, 0.15) is 11.5 Å². The largest absolute Gasteiger partial charge is 0.327 e. The third-order valence-electron chi connectivity index (χ3n) is 6.38. The molecule has 182 valence electrons. The first-order chi connectivity index (χ1) is 17.5. The second-order valence-corrected chi connectivity index (χ2v) is 9.32. The highest BCUT2D eigenvalue weighted by molar-refractivity contribution is 6.03. The van der Waals surface area contributed by atoms with Crippen molar-refractivity contribution >= 4 is 11.7 Å². The maximum Gasteiger partial charge on any atom is 0.275 e. The summed E-state index contributed by atoms with van der Waals surface area (Å²) in [7, 11) is 0. The minimum atomic E-state index is -0.301. The average molecular weight is 479 g/mol. The summed E-state index contributed by atoms with van der Waals surface area (Å²) >= 11 is 0. The fourth-order valence-electron chi connectivity index (χ4n) is 4.55. The number of hydrogen-bond acceptors (Lipinski definition) is 6. The highest BCUT2D eigenvalue weighted by Gasteiger charge is 2.18. The van der Waals surface area contributed by atoms with Crippen molar-refractivity contribution in [2.45, 2.75) is 32.4 Å². The van der Waals surface area contributed by atoms with Crippen molar-refractivity contribution in [1.29, 1.82) is 0 Å². The van der Waals surface area contributed by atoms with E-state index in [-0.39, 0.29) is 11.9 Å². The first-order valence-corrected chi connectivity index (χ1v) is 12.3. The molecule has 4 heterocycles. The first-order valence-electron chi connectivity index (χ1n) is 12.3. The van der Waals surface area contributed by atoms with Gasteiger partial charge in [0.25, 0.3) is 5.91 Å². The molecule has 0 radical (unpaired) electrons. The van der Waals surface area contributed by atoms with Gasteiger partial charge in [-0.2, -0.15) is 0 Å². The van der Waals surface area contributed by atoms with Crippen LogP contribution in [0.1, 0.15) is 34.6 Å². The van der Waals surface area contributed by atoms with Crippen molar-refractivity contribution < 1.29 is 4.79 Å². The maximum atomic E-state index is 13.2. The lowest BCUT2D eigenvalue weighted by atomic mass is 10.0. The molecule has 1 unspecified atom stereocenters. The van der Waals surface area contributed by atoms with E-state index in [4.69, 9.17) is 10.7 Å². The lowest BCUT2D eigenvalue weighted by molar-refractivity contribution is 0.102. The zero-order valence-corrected chi connectivity index (χ0v) is 20.4. The van der Waals surface area contributed by atoms with Gasteiger partial charge in [0.2, 0.25) is 0 Å². The number of amides is 1. The molecular weight excluding hydrogens is 448 g/mol. The molecule has 1 fully saturated rings. The van der Waals surface area contributed by atoms with Crippen molar-refractivity contribution in [2.24, 2.45) is 5.73 Å². The molecule has 7 nitrogen and oxygen atoms in total. The smallest absolute Gasteiger partial charge is 0.275 e. The van der Waals surface area contributed by atoms with Gasteiger partial charge in [0.05, 0.1) is 5.69 Å². The predicted octanol–water partition coefficient (Wildman–Crippen LogP) is 4.69. The topological polar surface area (TPSA) is 97.0 Å². The molecule has 1 amide bonds. The summed E-state index contributed by atoms with van der Waals surface area (Å²) in [5.74, 6) is 0.187. The van der Waals surface area contributed by atoms with E-state index in [1.165, 1.54) is 0 Å². The zero-order chi connectivity index (χ0) is 24.9. The minimum absolute atomic E-state index is 0.198. The maximum absolute atomic E-state index is 13.2. The van der Waals surface area contributed by atoms with Gasteiger partial charge in [-0.05, 0) is 79.4 Å². The van der Waals surface area contributed by atoms with Crippen LogP contribution < -0.4 is 11.1 Å². The Balaban J connectivity index is 1.43. The Labute approximate surface area is 211 Å². The number of rotatable bonds is 6. The second kappa shape index (κ2) is 10.8. The molecule has 1 saturated heterocycles. The molecule has 3 aromatic heterocycles. The fraction of sp³-hybridized carbons (Fsp3) is 0.241. The number of nitrogens with zero attached hydrogens (tertiary/aromatic N) is 4. The van der Waals surface area contributed by atoms with Gasteiger partial charge in [0.15, 0.2) is 0 Å². The molecule has 1 aliphatic rings. The van der Waals surface area contributed by atoms with Gasteiger partial charge in [-0.15, -0.1) is 0 Å². The molecule has 0 saturated carbocycles. The Kier molecular flexibility index (Phi) is 7.11. The van der Waals surface area contributed by atoms with E-state index in [1.807, 2.05) is 67.7 Å². The van der Waals surface area contributed by atoms with E-state index in [2.05, 4.69) is 26.3 Å². The number of aromatic nitrogens is 3. The van der Waals surface area contributed by atoms with Crippen LogP contribution in [0.4, 0.5) is 5.82 Å². The summed E-state index contributed by atoms with van der Waals surface area (Å²) in [6.07, 6.45) is 5.62. The fourth-order valence-corrected chi connectivity index (χ4v) is 4.55. The van der Waals surface area contributed by atoms with E-state index in [1.54, 1.807) is 12.3 Å². The van der Waals surface area contributed by atoms with Crippen LogP contribution in [0.25, 0.3) is 22.4 Å². The van der Waals surface area contributed by atoms with E-state index in [9.17, 15) is 4.79 Å². The van der Waals surface area contributed by atoms with Gasteiger partial charge < -0.3 is 11.1 Å². The molecule has 1 aliphatic heterocycles. The average Bonchev–Trinajstić information content (AvgIpc) is 2.89. The van der Waals surface area contributed by atoms with E-state index in [0.29, 0.717) is 11.5 Å². The van der Waals surface area contributed by atoms with Crippen LogP contribution in [-0.2, 0) is 6.54 Å². The van der Waals surface area contributed by atoms with Gasteiger partial charge in [0, 0.05) is 42.8 Å². The SMILES string of the molecule is Cc1ccc(-c2cc(CN3CCCC(N)C3)cc(NC(=O)c3cc(-c4ccccc4)ccn3)n2)cn1. The molecule has 36 heavy (non-hydrogen) atoms. The third-order valence-corrected chi connectivity index (χ3v) is 6.38. The van der Waals surface area contributed by atoms with Crippen LogP contribution in [0.2, 0.25) is 0 Å². The normalized spacial score (nSPS) is 16.0. The van der Waals surface area contributed by atoms with Crippen LogP contribution in [0.5, 0.6) is 0 Å². The van der Waals surface area contributed by atoms with Gasteiger partial charge in [-0.25, -0.2) is 4.98 Å². The number of carbonyl (C=O) groups excluding carboxylic acids is 1. The molecule has 7 heteroatoms. The molecular formula is C29H30N6O. The Morgan fingerprint density at radius 1 is 1.03 bits per heavy atom. The highest BCUT2D eigenvalue weighted by atomic mass is 16.1. The van der Waals surface area contributed by atoms with E-state index >= 15 is 0 Å². The summed E-state index contributed by atoms with van der Waals surface area (Å²) in [4.78, 5) is 29.0. The number of carbonyl (C=O) groups is 1. The van der Waals surface area contributed by atoms with Crippen molar-refractivity contribution in [2.75, 3.05) is 18.4 Å². The van der Waals surface area contributed by atoms with Crippen LogP contribution in [-0.4, -0.2) is 44.9 Å². The molecule has 4 aromatic rings. The lowest BCUT2D eigenvalue weighted by Gasteiger charge is -2.30. The van der Waals surface area contributed by atoms with E-state index < -0.39 is 0 Å². The van der Waals surface area contributed by atoms with Crippen molar-refractivity contribution in [3.05, 3.63) is 96.1 Å². The quantitative estimate of drug-likeness (QED) is 0.417. The monoisotopic (exact) mass is 478 g/mol. The van der Waals surface area contributed by atoms with E-state index in [0.717, 1.165) is 66.1 Å². The predicted molar refractivity (Wildman–Crippen MR) is 142 cm³/mol. The molecule has 5 rings (SSSR count). The Morgan fingerprint density at radius 2 is 1.89 bits per heavy atom. The van der Waals surface area contributed by atoms with Gasteiger partial charge in [-0.3, -0.25) is 19.7 Å². The summed E-state index contributed by atoms with van der Waals surface area (Å²) in [5.41, 5.74) is 12.2. The molecule has 1 atom stereocenters. The summed E-state index contributed by atoms with van der Waals surface area (Å²) < 4.78 is 0. The molecule has 0 bridgehead atoms. The molecule has 3 N–H and O–H groups in total. The molecule has 0 aliphatic carbocycles. The van der Waals surface area contributed by atoms with Crippen LogP contribution in [0.3, 0.4) is 0 Å². The Hall–Kier alpha value is -3.94. The highest BCUT2D eigenvalue weighted by Crippen LogP contribution is 2.24. The number of hydrogen-bond donors (Lipinski definition) is 2. The van der Waals surface area contributed by atoms with Gasteiger partial charge >= 0.3 is 0 Å². The minimum Gasteiger partial charge on any atom is -0.327 e.